The van der Waals surface area contributed by atoms with Gasteiger partial charge in [-0.25, -0.2) is 0 Å². The van der Waals surface area contributed by atoms with Gasteiger partial charge in [-0.2, -0.15) is 0 Å². The molecule has 0 aromatic rings. The highest BCUT2D eigenvalue weighted by Gasteiger charge is 2.58. The van der Waals surface area contributed by atoms with Gasteiger partial charge in [0.25, 0.3) is 0 Å². The van der Waals surface area contributed by atoms with Gasteiger partial charge in [-0.3, -0.25) is 0 Å². The Hall–Kier alpha value is 0.387. The van der Waals surface area contributed by atoms with E-state index >= 15 is 0 Å². The molecule has 0 aromatic carbocycles. The fourth-order valence-electron chi connectivity index (χ4n) is 2.87. The van der Waals surface area contributed by atoms with Crippen LogP contribution in [0.15, 0.2) is 0 Å². The predicted octanol–water partition coefficient (Wildman–Crippen LogP) is 2.85. The van der Waals surface area contributed by atoms with Gasteiger partial charge >= 0.3 is 8.56 Å². The van der Waals surface area contributed by atoms with Crippen molar-refractivity contribution < 1.29 is 13.6 Å². The third-order valence-electron chi connectivity index (χ3n) is 3.80. The topological polar surface area (TPSA) is 27.7 Å². The zero-order valence-electron chi connectivity index (χ0n) is 10.6. The molecule has 16 heavy (non-hydrogen) atoms. The molecule has 3 nitrogen and oxygen atoms in total. The standard InChI is InChI=1S/C11H23ClO3Si/c1-13-11(8-6-9-12)7-4-5-10-16(11,14-2)15-3/h4-10H2,1-3H3. The molecule has 1 rings (SSSR count). The first-order chi connectivity index (χ1) is 7.70. The summed E-state index contributed by atoms with van der Waals surface area (Å²) in [7, 11) is 3.07. The number of halogens is 1. The number of ether oxygens (including phenoxy) is 1. The SMILES string of the molecule is COC1(CCCCl)CCCC[Si]1(OC)OC. The van der Waals surface area contributed by atoms with Crippen molar-refractivity contribution in [3.8, 4) is 0 Å². The van der Waals surface area contributed by atoms with Crippen LogP contribution >= 0.6 is 11.6 Å². The van der Waals surface area contributed by atoms with Gasteiger partial charge in [0.2, 0.25) is 0 Å². The van der Waals surface area contributed by atoms with E-state index < -0.39 is 8.56 Å². The van der Waals surface area contributed by atoms with Crippen LogP contribution < -0.4 is 0 Å². The lowest BCUT2D eigenvalue weighted by atomic mass is 10.1. The van der Waals surface area contributed by atoms with Crippen LogP contribution in [0, 0.1) is 0 Å². The van der Waals surface area contributed by atoms with E-state index in [9.17, 15) is 0 Å². The van der Waals surface area contributed by atoms with Crippen molar-refractivity contribution >= 4 is 20.2 Å². The highest BCUT2D eigenvalue weighted by atomic mass is 35.5. The summed E-state index contributed by atoms with van der Waals surface area (Å²) in [6.07, 6.45) is 5.31. The first-order valence-corrected chi connectivity index (χ1v) is 8.47. The van der Waals surface area contributed by atoms with Gasteiger partial charge in [-0.05, 0) is 25.3 Å². The molecule has 1 saturated heterocycles. The van der Waals surface area contributed by atoms with E-state index in [0.717, 1.165) is 25.3 Å². The predicted molar refractivity (Wildman–Crippen MR) is 68.1 cm³/mol. The van der Waals surface area contributed by atoms with Crippen LogP contribution in [0.25, 0.3) is 0 Å². The molecule has 5 heteroatoms. The van der Waals surface area contributed by atoms with Gasteiger partial charge in [-0.15, -0.1) is 11.6 Å². The van der Waals surface area contributed by atoms with Crippen LogP contribution in [0.4, 0.5) is 0 Å². The lowest BCUT2D eigenvalue weighted by Gasteiger charge is -2.48. The Bertz CT molecular complexity index is 211. The summed E-state index contributed by atoms with van der Waals surface area (Å²) in [4.78, 5) is 0. The maximum absolute atomic E-state index is 5.83. The van der Waals surface area contributed by atoms with Crippen molar-refractivity contribution in [3.05, 3.63) is 0 Å². The van der Waals surface area contributed by atoms with Crippen LogP contribution in [-0.2, 0) is 13.6 Å². The zero-order valence-corrected chi connectivity index (χ0v) is 12.3. The third kappa shape index (κ3) is 2.46. The molecule has 1 heterocycles. The monoisotopic (exact) mass is 266 g/mol. The van der Waals surface area contributed by atoms with Crippen molar-refractivity contribution in [2.75, 3.05) is 27.2 Å². The number of alkyl halides is 1. The molecule has 0 saturated carbocycles. The molecule has 0 aliphatic carbocycles. The lowest BCUT2D eigenvalue weighted by molar-refractivity contribution is -0.0148. The summed E-state index contributed by atoms with van der Waals surface area (Å²) in [5, 5.41) is -0.205. The lowest BCUT2D eigenvalue weighted by Crippen LogP contribution is -2.64. The Kier molecular flexibility index (Phi) is 5.74. The van der Waals surface area contributed by atoms with E-state index in [-0.39, 0.29) is 5.22 Å². The minimum Gasteiger partial charge on any atom is -0.396 e. The Morgan fingerprint density at radius 2 is 1.88 bits per heavy atom. The van der Waals surface area contributed by atoms with E-state index in [4.69, 9.17) is 25.2 Å². The summed E-state index contributed by atoms with van der Waals surface area (Å²) < 4.78 is 17.4. The van der Waals surface area contributed by atoms with Gasteiger partial charge in [0.05, 0.1) is 0 Å². The highest BCUT2D eigenvalue weighted by molar-refractivity contribution is 6.70. The maximum Gasteiger partial charge on any atom is 0.370 e. The molecule has 1 aliphatic heterocycles. The Labute approximate surface area is 105 Å². The van der Waals surface area contributed by atoms with Crippen LogP contribution in [0.3, 0.4) is 0 Å². The minimum atomic E-state index is -2.23. The van der Waals surface area contributed by atoms with Gasteiger partial charge in [0.1, 0.15) is 5.22 Å². The molecule has 0 bridgehead atoms. The van der Waals surface area contributed by atoms with E-state index in [1.807, 2.05) is 0 Å². The number of hydrogen-bond acceptors (Lipinski definition) is 3. The largest absolute Gasteiger partial charge is 0.396 e. The summed E-state index contributed by atoms with van der Waals surface area (Å²) in [6.45, 7) is 0. The van der Waals surface area contributed by atoms with Crippen LogP contribution in [-0.4, -0.2) is 41.0 Å². The third-order valence-corrected chi connectivity index (χ3v) is 8.49. The smallest absolute Gasteiger partial charge is 0.370 e. The molecule has 1 fully saturated rings. The summed E-state index contributed by atoms with van der Waals surface area (Å²) in [6, 6.07) is 1.02. The van der Waals surface area contributed by atoms with Gasteiger partial charge in [0.15, 0.2) is 0 Å². The Morgan fingerprint density at radius 3 is 2.38 bits per heavy atom. The average Bonchev–Trinajstić information content (AvgIpc) is 2.36. The van der Waals surface area contributed by atoms with Crippen LogP contribution in [0.2, 0.25) is 6.04 Å². The molecule has 0 N–H and O–H groups in total. The molecule has 0 radical (unpaired) electrons. The second-order valence-corrected chi connectivity index (χ2v) is 8.47. The molecule has 1 unspecified atom stereocenters. The molecule has 0 aromatic heterocycles. The fourth-order valence-corrected chi connectivity index (χ4v) is 6.92. The second-order valence-electron chi connectivity index (χ2n) is 4.36. The normalized spacial score (nSPS) is 29.2. The molecule has 0 amide bonds. The van der Waals surface area contributed by atoms with Crippen molar-refractivity contribution in [2.45, 2.75) is 43.4 Å². The van der Waals surface area contributed by atoms with E-state index in [2.05, 4.69) is 0 Å². The number of methoxy groups -OCH3 is 1. The van der Waals surface area contributed by atoms with E-state index in [1.165, 1.54) is 12.8 Å². The van der Waals surface area contributed by atoms with Gasteiger partial charge < -0.3 is 13.6 Å². The first kappa shape index (κ1) is 14.4. The zero-order chi connectivity index (χ0) is 12.1. The van der Waals surface area contributed by atoms with Crippen molar-refractivity contribution in [2.24, 2.45) is 0 Å². The van der Waals surface area contributed by atoms with Gasteiger partial charge in [0, 0.05) is 27.2 Å². The summed E-state index contributed by atoms with van der Waals surface area (Å²) in [5.74, 6) is 0.670. The van der Waals surface area contributed by atoms with E-state index in [1.54, 1.807) is 21.3 Å². The van der Waals surface area contributed by atoms with E-state index in [0.29, 0.717) is 5.88 Å². The molecular weight excluding hydrogens is 244 g/mol. The highest BCUT2D eigenvalue weighted by Crippen LogP contribution is 2.42. The quantitative estimate of drug-likeness (QED) is 0.547. The molecule has 1 atom stereocenters. The van der Waals surface area contributed by atoms with Crippen LogP contribution in [0.1, 0.15) is 32.1 Å². The van der Waals surface area contributed by atoms with Gasteiger partial charge in [-0.1, -0.05) is 12.8 Å². The minimum absolute atomic E-state index is 0.205. The molecule has 96 valence electrons. The van der Waals surface area contributed by atoms with Crippen LogP contribution in [0.5, 0.6) is 0 Å². The van der Waals surface area contributed by atoms with Crippen molar-refractivity contribution in [1.82, 2.24) is 0 Å². The summed E-state index contributed by atoms with van der Waals surface area (Å²) >= 11 is 5.80. The first-order valence-electron chi connectivity index (χ1n) is 5.92. The number of hydrogen-bond donors (Lipinski definition) is 0. The summed E-state index contributed by atoms with van der Waals surface area (Å²) in [5.41, 5.74) is 0. The average molecular weight is 267 g/mol. The van der Waals surface area contributed by atoms with Crippen molar-refractivity contribution in [3.63, 3.8) is 0 Å². The molecule has 1 aliphatic rings. The second kappa shape index (κ2) is 6.35. The number of rotatable bonds is 6. The molecule has 0 spiro atoms. The Morgan fingerprint density at radius 1 is 1.19 bits per heavy atom. The fraction of sp³-hybridized carbons (Fsp3) is 1.00. The van der Waals surface area contributed by atoms with Crippen molar-refractivity contribution in [1.29, 1.82) is 0 Å². The molecular formula is C11H23ClO3Si. The Balaban J connectivity index is 2.90. The maximum atomic E-state index is 5.83.